The van der Waals surface area contributed by atoms with Crippen LogP contribution in [0.4, 0.5) is 5.69 Å². The van der Waals surface area contributed by atoms with Gasteiger partial charge in [-0.3, -0.25) is 0 Å². The van der Waals surface area contributed by atoms with E-state index in [1.807, 2.05) is 0 Å². The van der Waals surface area contributed by atoms with Crippen molar-refractivity contribution in [3.63, 3.8) is 0 Å². The molecule has 2 bridgehead atoms. The molecule has 0 heterocycles. The number of carbonyl (C=O) groups is 1. The summed E-state index contributed by atoms with van der Waals surface area (Å²) in [7, 11) is 0. The Labute approximate surface area is 146 Å². The fraction of sp³-hybridized carbons (Fsp3) is 0.529. The Morgan fingerprint density at radius 2 is 2.22 bits per heavy atom. The zero-order valence-corrected chi connectivity index (χ0v) is 14.7. The van der Waals surface area contributed by atoms with Crippen LogP contribution in [0.5, 0.6) is 0 Å². The van der Waals surface area contributed by atoms with Crippen LogP contribution in [-0.2, 0) is 4.74 Å². The number of hydrogen-bond acceptors (Lipinski definition) is 3. The van der Waals surface area contributed by atoms with Crippen LogP contribution >= 0.6 is 23.8 Å². The molecule has 0 unspecified atom stereocenters. The lowest BCUT2D eigenvalue weighted by atomic mass is 9.96. The summed E-state index contributed by atoms with van der Waals surface area (Å²) >= 11 is 11.5. The largest absolute Gasteiger partial charge is 0.462 e. The Balaban J connectivity index is 1.62. The molecule has 1 aromatic carbocycles. The van der Waals surface area contributed by atoms with E-state index in [4.69, 9.17) is 28.6 Å². The lowest BCUT2D eigenvalue weighted by molar-refractivity contribution is 0.0526. The van der Waals surface area contributed by atoms with Crippen LogP contribution in [0.15, 0.2) is 18.2 Å². The molecule has 0 aromatic heterocycles. The molecule has 124 valence electrons. The van der Waals surface area contributed by atoms with E-state index in [0.717, 1.165) is 17.5 Å². The third kappa shape index (κ3) is 3.78. The maximum Gasteiger partial charge on any atom is 0.339 e. The van der Waals surface area contributed by atoms with Crippen LogP contribution in [-0.4, -0.2) is 23.7 Å². The highest BCUT2D eigenvalue weighted by atomic mass is 35.5. The van der Waals surface area contributed by atoms with Gasteiger partial charge in [-0.2, -0.15) is 0 Å². The summed E-state index contributed by atoms with van der Waals surface area (Å²) in [6.07, 6.45) is 5.21. The molecule has 3 atom stereocenters. The molecule has 23 heavy (non-hydrogen) atoms. The first-order chi connectivity index (χ1) is 11.1. The van der Waals surface area contributed by atoms with Gasteiger partial charge < -0.3 is 15.4 Å². The number of hydrogen-bond donors (Lipinski definition) is 2. The molecule has 4 nitrogen and oxygen atoms in total. The summed E-state index contributed by atoms with van der Waals surface area (Å²) < 4.78 is 5.01. The van der Waals surface area contributed by atoms with E-state index in [1.54, 1.807) is 25.1 Å². The third-order valence-electron chi connectivity index (χ3n) is 4.77. The van der Waals surface area contributed by atoms with Crippen molar-refractivity contribution < 1.29 is 9.53 Å². The van der Waals surface area contributed by atoms with Gasteiger partial charge in [-0.1, -0.05) is 18.0 Å². The van der Waals surface area contributed by atoms with Crippen LogP contribution in [0.3, 0.4) is 0 Å². The Kier molecular flexibility index (Phi) is 5.07. The molecule has 0 amide bonds. The maximum atomic E-state index is 11.9. The second-order valence-corrected chi connectivity index (χ2v) is 7.11. The monoisotopic (exact) mass is 352 g/mol. The van der Waals surface area contributed by atoms with Crippen LogP contribution in [0.1, 0.15) is 43.0 Å². The van der Waals surface area contributed by atoms with Gasteiger partial charge in [0.25, 0.3) is 0 Å². The van der Waals surface area contributed by atoms with E-state index in [9.17, 15) is 4.79 Å². The molecule has 0 aliphatic heterocycles. The minimum Gasteiger partial charge on any atom is -0.462 e. The molecule has 2 aliphatic rings. The van der Waals surface area contributed by atoms with Gasteiger partial charge in [-0.25, -0.2) is 4.79 Å². The molecule has 2 aliphatic carbocycles. The smallest absolute Gasteiger partial charge is 0.339 e. The van der Waals surface area contributed by atoms with Gasteiger partial charge in [0.1, 0.15) is 0 Å². The van der Waals surface area contributed by atoms with Crippen molar-refractivity contribution in [3.8, 4) is 0 Å². The number of nitrogens with one attached hydrogen (secondary N) is 2. The lowest BCUT2D eigenvalue weighted by Gasteiger charge is -2.24. The Morgan fingerprint density at radius 1 is 1.39 bits per heavy atom. The zero-order valence-electron chi connectivity index (χ0n) is 13.1. The van der Waals surface area contributed by atoms with Crippen molar-refractivity contribution in [2.75, 3.05) is 11.9 Å². The first kappa shape index (κ1) is 16.5. The quantitative estimate of drug-likeness (QED) is 0.633. The number of ether oxygens (including phenoxy) is 1. The van der Waals surface area contributed by atoms with Gasteiger partial charge >= 0.3 is 5.97 Å². The molecular weight excluding hydrogens is 332 g/mol. The number of carbonyl (C=O) groups excluding carboxylic acids is 1. The predicted molar refractivity (Wildman–Crippen MR) is 96.0 cm³/mol. The van der Waals surface area contributed by atoms with Gasteiger partial charge in [0.2, 0.25) is 0 Å². The van der Waals surface area contributed by atoms with Crippen molar-refractivity contribution in [1.82, 2.24) is 5.32 Å². The van der Waals surface area contributed by atoms with Gasteiger partial charge in [0.05, 0.1) is 17.2 Å². The number of esters is 1. The fourth-order valence-electron chi connectivity index (χ4n) is 3.73. The van der Waals surface area contributed by atoms with Crippen LogP contribution < -0.4 is 10.6 Å². The van der Waals surface area contributed by atoms with E-state index in [0.29, 0.717) is 28.3 Å². The number of halogens is 1. The maximum absolute atomic E-state index is 11.9. The van der Waals surface area contributed by atoms with E-state index in [1.165, 1.54) is 25.7 Å². The van der Waals surface area contributed by atoms with E-state index < -0.39 is 5.97 Å². The van der Waals surface area contributed by atoms with Gasteiger partial charge in [-0.05, 0) is 68.4 Å². The zero-order chi connectivity index (χ0) is 16.4. The summed E-state index contributed by atoms with van der Waals surface area (Å²) in [5, 5.41) is 7.54. The molecule has 3 rings (SSSR count). The SMILES string of the molecule is CCOC(=O)c1cc(NC(=S)N[C@@H]2C[C@H]3CC[C@H]2C3)ccc1Cl. The second-order valence-electron chi connectivity index (χ2n) is 6.29. The molecule has 2 fully saturated rings. The minimum atomic E-state index is -0.423. The van der Waals surface area contributed by atoms with E-state index >= 15 is 0 Å². The minimum absolute atomic E-state index is 0.316. The highest BCUT2D eigenvalue weighted by Crippen LogP contribution is 2.44. The molecule has 1 aromatic rings. The summed E-state index contributed by atoms with van der Waals surface area (Å²) in [5.74, 6) is 1.19. The Morgan fingerprint density at radius 3 is 2.87 bits per heavy atom. The van der Waals surface area contributed by atoms with E-state index in [2.05, 4.69) is 10.6 Å². The summed E-state index contributed by atoms with van der Waals surface area (Å²) in [6, 6.07) is 5.64. The first-order valence-electron chi connectivity index (χ1n) is 8.11. The highest BCUT2D eigenvalue weighted by molar-refractivity contribution is 7.80. The van der Waals surface area contributed by atoms with E-state index in [-0.39, 0.29) is 0 Å². The molecule has 0 radical (unpaired) electrons. The Bertz CT molecular complexity index is 623. The molecule has 6 heteroatoms. The Hall–Kier alpha value is -1.33. The third-order valence-corrected chi connectivity index (χ3v) is 5.32. The van der Waals surface area contributed by atoms with Crippen molar-refractivity contribution in [2.24, 2.45) is 11.8 Å². The summed E-state index contributed by atoms with van der Waals surface area (Å²) in [6.45, 7) is 2.08. The topological polar surface area (TPSA) is 50.4 Å². The van der Waals surface area contributed by atoms with Gasteiger partial charge in [-0.15, -0.1) is 0 Å². The highest BCUT2D eigenvalue weighted by Gasteiger charge is 2.39. The molecular formula is C17H21ClN2O2S. The average Bonchev–Trinajstić information content (AvgIpc) is 3.12. The van der Waals surface area contributed by atoms with Crippen LogP contribution in [0, 0.1) is 11.8 Å². The predicted octanol–water partition coefficient (Wildman–Crippen LogP) is 3.99. The number of anilines is 1. The van der Waals surface area contributed by atoms with Crippen molar-refractivity contribution in [1.29, 1.82) is 0 Å². The van der Waals surface area contributed by atoms with Crippen LogP contribution in [0.25, 0.3) is 0 Å². The summed E-state index contributed by atoms with van der Waals surface area (Å²) in [5.41, 5.74) is 1.08. The average molecular weight is 353 g/mol. The number of rotatable bonds is 4. The fourth-order valence-corrected chi connectivity index (χ4v) is 4.19. The molecule has 0 spiro atoms. The van der Waals surface area contributed by atoms with Crippen molar-refractivity contribution >= 4 is 40.6 Å². The molecule has 2 saturated carbocycles. The van der Waals surface area contributed by atoms with Gasteiger partial charge in [0.15, 0.2) is 5.11 Å². The van der Waals surface area contributed by atoms with Crippen molar-refractivity contribution in [2.45, 2.75) is 38.6 Å². The standard InChI is InChI=1S/C17H21ClN2O2S/c1-2-22-16(21)13-9-12(5-6-14(13)18)19-17(23)20-15-8-10-3-4-11(15)7-10/h5-6,9-11,15H,2-4,7-8H2,1H3,(H2,19,20,23)/t10-,11-,15+/m0/s1. The molecule has 2 N–H and O–H groups in total. The normalized spacial score (nSPS) is 25.2. The second kappa shape index (κ2) is 7.05. The number of benzene rings is 1. The molecule has 0 saturated heterocycles. The first-order valence-corrected chi connectivity index (χ1v) is 8.89. The lowest BCUT2D eigenvalue weighted by Crippen LogP contribution is -2.40. The van der Waals surface area contributed by atoms with Crippen LogP contribution in [0.2, 0.25) is 5.02 Å². The summed E-state index contributed by atoms with van der Waals surface area (Å²) in [4.78, 5) is 11.9. The van der Waals surface area contributed by atoms with Gasteiger partial charge in [0, 0.05) is 11.7 Å². The number of fused-ring (bicyclic) bond motifs is 2. The number of thiocarbonyl (C=S) groups is 1. The van der Waals surface area contributed by atoms with Crippen molar-refractivity contribution in [3.05, 3.63) is 28.8 Å².